The highest BCUT2D eigenvalue weighted by molar-refractivity contribution is 6.03. The highest BCUT2D eigenvalue weighted by atomic mass is 16.2. The van der Waals surface area contributed by atoms with Crippen LogP contribution in [0.2, 0.25) is 0 Å². The Bertz CT molecular complexity index is 867. The molecule has 0 spiro atoms. The van der Waals surface area contributed by atoms with Crippen molar-refractivity contribution in [2.75, 3.05) is 5.32 Å². The number of amides is 1. The molecule has 0 bridgehead atoms. The number of nitrogens with zero attached hydrogens (tertiary/aromatic N) is 3. The molecule has 7 heteroatoms. The minimum absolute atomic E-state index is 0.0164. The van der Waals surface area contributed by atoms with E-state index in [9.17, 15) is 9.59 Å². The topological polar surface area (TPSA) is 92.7 Å². The Balaban J connectivity index is 1.88. The molecule has 110 valence electrons. The molecule has 0 saturated heterocycles. The van der Waals surface area contributed by atoms with Crippen LogP contribution in [-0.2, 0) is 7.05 Å². The van der Waals surface area contributed by atoms with Crippen LogP contribution >= 0.6 is 0 Å². The number of aryl methyl sites for hydroxylation is 1. The van der Waals surface area contributed by atoms with Crippen molar-refractivity contribution in [2.24, 2.45) is 7.05 Å². The number of nitrogens with one attached hydrogen (secondary N) is 2. The number of carbonyl (C=O) groups excluding carboxylic acids is 1. The van der Waals surface area contributed by atoms with Crippen LogP contribution in [0.25, 0.3) is 11.3 Å². The van der Waals surface area contributed by atoms with Crippen molar-refractivity contribution in [3.8, 4) is 11.3 Å². The number of hydrogen-bond donors (Lipinski definition) is 2. The Morgan fingerprint density at radius 3 is 2.59 bits per heavy atom. The molecule has 0 saturated carbocycles. The number of aromatic nitrogens is 4. The van der Waals surface area contributed by atoms with Gasteiger partial charge < -0.3 is 4.98 Å². The SMILES string of the molecule is Cn1ncnc1NC(=O)c1ccc(-c2ccccc2)[nH]c1=O. The zero-order valence-corrected chi connectivity index (χ0v) is 11.8. The predicted octanol–water partition coefficient (Wildman–Crippen LogP) is 1.42. The van der Waals surface area contributed by atoms with Gasteiger partial charge in [0.25, 0.3) is 11.5 Å². The summed E-state index contributed by atoms with van der Waals surface area (Å²) in [6.07, 6.45) is 1.32. The van der Waals surface area contributed by atoms with Gasteiger partial charge in [0.15, 0.2) is 0 Å². The minimum atomic E-state index is -0.531. The van der Waals surface area contributed by atoms with E-state index >= 15 is 0 Å². The van der Waals surface area contributed by atoms with E-state index in [0.29, 0.717) is 5.69 Å². The van der Waals surface area contributed by atoms with Crippen LogP contribution in [0.5, 0.6) is 0 Å². The van der Waals surface area contributed by atoms with Crippen molar-refractivity contribution < 1.29 is 4.79 Å². The molecule has 0 unspecified atom stereocenters. The summed E-state index contributed by atoms with van der Waals surface area (Å²) in [6, 6.07) is 12.6. The average Bonchev–Trinajstić information content (AvgIpc) is 2.93. The third-order valence-electron chi connectivity index (χ3n) is 3.18. The molecule has 3 rings (SSSR count). The number of pyridine rings is 1. The first-order valence-corrected chi connectivity index (χ1v) is 6.59. The van der Waals surface area contributed by atoms with E-state index in [1.165, 1.54) is 17.1 Å². The molecule has 0 aliphatic heterocycles. The summed E-state index contributed by atoms with van der Waals surface area (Å²) < 4.78 is 1.41. The maximum absolute atomic E-state index is 12.1. The largest absolute Gasteiger partial charge is 0.321 e. The third kappa shape index (κ3) is 2.64. The van der Waals surface area contributed by atoms with E-state index in [2.05, 4.69) is 20.4 Å². The van der Waals surface area contributed by atoms with Gasteiger partial charge in [-0.25, -0.2) is 4.68 Å². The highest BCUT2D eigenvalue weighted by Gasteiger charge is 2.13. The predicted molar refractivity (Wildman–Crippen MR) is 81.5 cm³/mol. The van der Waals surface area contributed by atoms with Gasteiger partial charge in [-0.1, -0.05) is 30.3 Å². The lowest BCUT2D eigenvalue weighted by Crippen LogP contribution is -2.24. The second-order valence-electron chi connectivity index (χ2n) is 4.64. The quantitative estimate of drug-likeness (QED) is 0.764. The fraction of sp³-hybridized carbons (Fsp3) is 0.0667. The first-order chi connectivity index (χ1) is 10.6. The van der Waals surface area contributed by atoms with E-state index in [1.807, 2.05) is 30.3 Å². The molecule has 1 aromatic carbocycles. The lowest BCUT2D eigenvalue weighted by Gasteiger charge is -2.05. The molecule has 2 aromatic heterocycles. The number of hydrogen-bond acceptors (Lipinski definition) is 4. The Kier molecular flexibility index (Phi) is 3.53. The summed E-state index contributed by atoms with van der Waals surface area (Å²) in [6.45, 7) is 0. The van der Waals surface area contributed by atoms with Crippen molar-refractivity contribution >= 4 is 11.9 Å². The molecular weight excluding hydrogens is 282 g/mol. The fourth-order valence-electron chi connectivity index (χ4n) is 2.02. The van der Waals surface area contributed by atoms with Gasteiger partial charge in [-0.2, -0.15) is 10.1 Å². The van der Waals surface area contributed by atoms with E-state index in [0.717, 1.165) is 5.56 Å². The van der Waals surface area contributed by atoms with Crippen LogP contribution in [0, 0.1) is 0 Å². The van der Waals surface area contributed by atoms with Crippen LogP contribution in [0.3, 0.4) is 0 Å². The van der Waals surface area contributed by atoms with Crippen LogP contribution in [0.4, 0.5) is 5.95 Å². The molecule has 22 heavy (non-hydrogen) atoms. The van der Waals surface area contributed by atoms with Gasteiger partial charge in [0.05, 0.1) is 0 Å². The second-order valence-corrected chi connectivity index (χ2v) is 4.64. The zero-order valence-electron chi connectivity index (χ0n) is 11.8. The maximum atomic E-state index is 12.1. The monoisotopic (exact) mass is 295 g/mol. The summed E-state index contributed by atoms with van der Waals surface area (Å²) in [5.41, 5.74) is 1.09. The molecule has 7 nitrogen and oxygen atoms in total. The van der Waals surface area contributed by atoms with Crippen molar-refractivity contribution in [2.45, 2.75) is 0 Å². The summed E-state index contributed by atoms with van der Waals surface area (Å²) in [4.78, 5) is 30.8. The number of benzene rings is 1. The van der Waals surface area contributed by atoms with Gasteiger partial charge in [-0.05, 0) is 17.7 Å². The normalized spacial score (nSPS) is 10.4. The van der Waals surface area contributed by atoms with Gasteiger partial charge in [0, 0.05) is 12.7 Å². The van der Waals surface area contributed by atoms with Gasteiger partial charge in [0.1, 0.15) is 11.9 Å². The lowest BCUT2D eigenvalue weighted by atomic mass is 10.1. The molecule has 3 aromatic rings. The first kappa shape index (κ1) is 13.7. The highest BCUT2D eigenvalue weighted by Crippen LogP contribution is 2.14. The van der Waals surface area contributed by atoms with Crippen molar-refractivity contribution in [3.63, 3.8) is 0 Å². The van der Waals surface area contributed by atoms with E-state index in [-0.39, 0.29) is 11.5 Å². The molecule has 0 aliphatic rings. The van der Waals surface area contributed by atoms with Crippen LogP contribution in [0.1, 0.15) is 10.4 Å². The van der Waals surface area contributed by atoms with Gasteiger partial charge >= 0.3 is 0 Å². The number of carbonyl (C=O) groups is 1. The average molecular weight is 295 g/mol. The third-order valence-corrected chi connectivity index (χ3v) is 3.18. The van der Waals surface area contributed by atoms with Gasteiger partial charge in [-0.15, -0.1) is 0 Å². The Morgan fingerprint density at radius 1 is 1.18 bits per heavy atom. The van der Waals surface area contributed by atoms with Crippen molar-refractivity contribution in [3.05, 3.63) is 64.7 Å². The molecule has 2 N–H and O–H groups in total. The maximum Gasteiger partial charge on any atom is 0.263 e. The van der Waals surface area contributed by atoms with Crippen LogP contribution in [-0.4, -0.2) is 25.7 Å². The van der Waals surface area contributed by atoms with Crippen molar-refractivity contribution in [1.82, 2.24) is 19.7 Å². The van der Waals surface area contributed by atoms with E-state index < -0.39 is 11.5 Å². The summed E-state index contributed by atoms with van der Waals surface area (Å²) in [5.74, 6) is -0.256. The molecule has 2 heterocycles. The number of rotatable bonds is 3. The first-order valence-electron chi connectivity index (χ1n) is 6.59. The minimum Gasteiger partial charge on any atom is -0.321 e. The Hall–Kier alpha value is -3.22. The van der Waals surface area contributed by atoms with E-state index in [1.54, 1.807) is 13.1 Å². The lowest BCUT2D eigenvalue weighted by molar-refractivity contribution is 0.102. The number of H-pyrrole nitrogens is 1. The standard InChI is InChI=1S/C15H13N5O2/c1-20-15(16-9-17-20)19-14(22)11-7-8-12(18-13(11)21)10-5-3-2-4-6-10/h2-9H,1H3,(H,18,21)(H,16,17,19,22). The Morgan fingerprint density at radius 2 is 1.95 bits per heavy atom. The molecular formula is C15H13N5O2. The zero-order chi connectivity index (χ0) is 15.5. The molecule has 1 amide bonds. The van der Waals surface area contributed by atoms with Gasteiger partial charge in [0.2, 0.25) is 5.95 Å². The van der Waals surface area contributed by atoms with Crippen LogP contribution in [0.15, 0.2) is 53.6 Å². The molecule has 0 atom stereocenters. The summed E-state index contributed by atoms with van der Waals surface area (Å²) in [5, 5.41) is 6.38. The molecule has 0 fully saturated rings. The Labute approximate surface area is 125 Å². The number of aromatic amines is 1. The van der Waals surface area contributed by atoms with Crippen LogP contribution < -0.4 is 10.9 Å². The second kappa shape index (κ2) is 5.65. The smallest absolute Gasteiger partial charge is 0.263 e. The van der Waals surface area contributed by atoms with Gasteiger partial charge in [-0.3, -0.25) is 14.9 Å². The van der Waals surface area contributed by atoms with E-state index in [4.69, 9.17) is 0 Å². The van der Waals surface area contributed by atoms with Crippen molar-refractivity contribution in [1.29, 1.82) is 0 Å². The summed E-state index contributed by atoms with van der Waals surface area (Å²) in [7, 11) is 1.64. The molecule has 0 radical (unpaired) electrons. The fourth-order valence-corrected chi connectivity index (χ4v) is 2.02. The molecule has 0 aliphatic carbocycles. The summed E-state index contributed by atoms with van der Waals surface area (Å²) >= 11 is 0. The number of anilines is 1.